The quantitative estimate of drug-likeness (QED) is 0.810. The van der Waals surface area contributed by atoms with Crippen molar-refractivity contribution in [1.82, 2.24) is 10.6 Å². The molecule has 1 unspecified atom stereocenters. The molecule has 1 aliphatic rings. The van der Waals surface area contributed by atoms with E-state index in [0.717, 1.165) is 0 Å². The number of hydrogen-bond acceptors (Lipinski definition) is 4. The number of hydrogen-bond donors (Lipinski definition) is 2. The fourth-order valence-electron chi connectivity index (χ4n) is 2.08. The van der Waals surface area contributed by atoms with Crippen molar-refractivity contribution in [3.63, 3.8) is 0 Å². The Morgan fingerprint density at radius 1 is 1.33 bits per heavy atom. The van der Waals surface area contributed by atoms with E-state index in [1.165, 1.54) is 0 Å². The zero-order chi connectivity index (χ0) is 15.4. The third-order valence-corrected chi connectivity index (χ3v) is 3.04. The van der Waals surface area contributed by atoms with E-state index in [-0.39, 0.29) is 24.3 Å². The molecular formula is C15H18N2O4. The van der Waals surface area contributed by atoms with Gasteiger partial charge in [-0.25, -0.2) is 0 Å². The number of carbonyl (C=O) groups is 3. The minimum absolute atomic E-state index is 0.0606. The lowest BCUT2D eigenvalue weighted by Gasteiger charge is -2.22. The van der Waals surface area contributed by atoms with E-state index in [0.29, 0.717) is 17.7 Å². The van der Waals surface area contributed by atoms with Gasteiger partial charge in [-0.05, 0) is 32.4 Å². The Hall–Kier alpha value is -2.37. The molecule has 1 heterocycles. The Labute approximate surface area is 122 Å². The summed E-state index contributed by atoms with van der Waals surface area (Å²) in [6.07, 6.45) is 0.472. The Kier molecular flexibility index (Phi) is 4.57. The van der Waals surface area contributed by atoms with Crippen molar-refractivity contribution in [2.75, 3.05) is 0 Å². The fourth-order valence-corrected chi connectivity index (χ4v) is 2.08. The van der Waals surface area contributed by atoms with Crippen LogP contribution in [0.4, 0.5) is 0 Å². The topological polar surface area (TPSA) is 84.5 Å². The van der Waals surface area contributed by atoms with E-state index in [2.05, 4.69) is 10.6 Å². The first kappa shape index (κ1) is 15.0. The molecule has 6 nitrogen and oxygen atoms in total. The lowest BCUT2D eigenvalue weighted by Crippen LogP contribution is -2.52. The van der Waals surface area contributed by atoms with Crippen LogP contribution < -0.4 is 15.4 Å². The highest BCUT2D eigenvalue weighted by molar-refractivity contribution is 6.04. The number of nitrogens with one attached hydrogen (secondary N) is 2. The van der Waals surface area contributed by atoms with Gasteiger partial charge in [-0.15, -0.1) is 0 Å². The summed E-state index contributed by atoms with van der Waals surface area (Å²) in [5.74, 6) is -0.700. The SMILES string of the molecule is CC(C)Oc1ccccc1C(=O)NC1CCC(=O)NC1=O. The van der Waals surface area contributed by atoms with E-state index in [4.69, 9.17) is 4.74 Å². The van der Waals surface area contributed by atoms with Crippen LogP contribution in [0.1, 0.15) is 37.0 Å². The van der Waals surface area contributed by atoms with Gasteiger partial charge in [-0.2, -0.15) is 0 Å². The maximum absolute atomic E-state index is 12.3. The molecule has 2 N–H and O–H groups in total. The van der Waals surface area contributed by atoms with Gasteiger partial charge >= 0.3 is 0 Å². The van der Waals surface area contributed by atoms with Crippen LogP contribution in [-0.2, 0) is 9.59 Å². The number of carbonyl (C=O) groups excluding carboxylic acids is 3. The summed E-state index contributed by atoms with van der Waals surface area (Å²) in [5, 5.41) is 4.85. The van der Waals surface area contributed by atoms with Crippen molar-refractivity contribution in [2.24, 2.45) is 0 Å². The summed E-state index contributed by atoms with van der Waals surface area (Å²) in [7, 11) is 0. The smallest absolute Gasteiger partial charge is 0.255 e. The van der Waals surface area contributed by atoms with E-state index < -0.39 is 11.9 Å². The van der Waals surface area contributed by atoms with E-state index in [1.54, 1.807) is 24.3 Å². The zero-order valence-corrected chi connectivity index (χ0v) is 12.0. The van der Waals surface area contributed by atoms with Crippen molar-refractivity contribution in [3.05, 3.63) is 29.8 Å². The molecule has 0 bridgehead atoms. The largest absolute Gasteiger partial charge is 0.490 e. The van der Waals surface area contributed by atoms with E-state index in [1.807, 2.05) is 13.8 Å². The van der Waals surface area contributed by atoms with Crippen LogP contribution in [0, 0.1) is 0 Å². The second-order valence-corrected chi connectivity index (χ2v) is 5.14. The number of rotatable bonds is 4. The number of piperidine rings is 1. The molecule has 0 saturated carbocycles. The average molecular weight is 290 g/mol. The van der Waals surface area contributed by atoms with Crippen LogP contribution >= 0.6 is 0 Å². The van der Waals surface area contributed by atoms with Gasteiger partial charge in [0.15, 0.2) is 0 Å². The molecule has 0 radical (unpaired) electrons. The van der Waals surface area contributed by atoms with Crippen molar-refractivity contribution in [2.45, 2.75) is 38.8 Å². The third kappa shape index (κ3) is 3.81. The van der Waals surface area contributed by atoms with Crippen molar-refractivity contribution in [3.8, 4) is 5.75 Å². The van der Waals surface area contributed by atoms with Crippen LogP contribution in [-0.4, -0.2) is 29.9 Å². The average Bonchev–Trinajstić information content (AvgIpc) is 2.42. The lowest BCUT2D eigenvalue weighted by atomic mass is 10.1. The second kappa shape index (κ2) is 6.39. The summed E-state index contributed by atoms with van der Waals surface area (Å²) in [4.78, 5) is 35.0. The van der Waals surface area contributed by atoms with Crippen LogP contribution in [0.3, 0.4) is 0 Å². The standard InChI is InChI=1S/C15H18N2O4/c1-9(2)21-12-6-4-3-5-10(12)14(19)16-11-7-8-13(18)17-15(11)20/h3-6,9,11H,7-8H2,1-2H3,(H,16,19)(H,17,18,20). The minimum Gasteiger partial charge on any atom is -0.490 e. The number of amides is 3. The summed E-state index contributed by atoms with van der Waals surface area (Å²) in [6, 6.07) is 6.16. The normalized spacial score (nSPS) is 18.3. The van der Waals surface area contributed by atoms with Gasteiger partial charge in [0, 0.05) is 6.42 Å². The van der Waals surface area contributed by atoms with Gasteiger partial charge in [0.1, 0.15) is 11.8 Å². The summed E-state index contributed by atoms with van der Waals surface area (Å²) in [6.45, 7) is 3.74. The summed E-state index contributed by atoms with van der Waals surface area (Å²) >= 11 is 0. The number of ether oxygens (including phenoxy) is 1. The molecule has 1 aromatic carbocycles. The molecule has 21 heavy (non-hydrogen) atoms. The highest BCUT2D eigenvalue weighted by Gasteiger charge is 2.28. The molecule has 1 saturated heterocycles. The first-order chi connectivity index (χ1) is 9.97. The van der Waals surface area contributed by atoms with Crippen molar-refractivity contribution < 1.29 is 19.1 Å². The molecule has 0 aromatic heterocycles. The molecule has 0 spiro atoms. The highest BCUT2D eigenvalue weighted by atomic mass is 16.5. The first-order valence-electron chi connectivity index (χ1n) is 6.87. The lowest BCUT2D eigenvalue weighted by molar-refractivity contribution is -0.134. The van der Waals surface area contributed by atoms with E-state index >= 15 is 0 Å². The fraction of sp³-hybridized carbons (Fsp3) is 0.400. The highest BCUT2D eigenvalue weighted by Crippen LogP contribution is 2.19. The maximum Gasteiger partial charge on any atom is 0.255 e. The van der Waals surface area contributed by atoms with Crippen LogP contribution in [0.5, 0.6) is 5.75 Å². The number of para-hydroxylation sites is 1. The predicted molar refractivity (Wildman–Crippen MR) is 75.8 cm³/mol. The van der Waals surface area contributed by atoms with Gasteiger partial charge in [-0.3, -0.25) is 19.7 Å². The Morgan fingerprint density at radius 2 is 2.05 bits per heavy atom. The Balaban J connectivity index is 2.10. The second-order valence-electron chi connectivity index (χ2n) is 5.14. The van der Waals surface area contributed by atoms with Gasteiger partial charge in [0.25, 0.3) is 5.91 Å². The van der Waals surface area contributed by atoms with Crippen LogP contribution in [0.25, 0.3) is 0 Å². The summed E-state index contributed by atoms with van der Waals surface area (Å²) in [5.41, 5.74) is 0.371. The van der Waals surface area contributed by atoms with Gasteiger partial charge in [-0.1, -0.05) is 12.1 Å². The molecule has 1 fully saturated rings. The minimum atomic E-state index is -0.692. The van der Waals surface area contributed by atoms with Crippen LogP contribution in [0.2, 0.25) is 0 Å². The zero-order valence-electron chi connectivity index (χ0n) is 12.0. The molecule has 0 aliphatic carbocycles. The number of benzene rings is 1. The molecule has 2 rings (SSSR count). The van der Waals surface area contributed by atoms with Gasteiger partial charge in [0.2, 0.25) is 11.8 Å². The predicted octanol–water partition coefficient (Wildman–Crippen LogP) is 1.01. The first-order valence-corrected chi connectivity index (χ1v) is 6.87. The van der Waals surface area contributed by atoms with Crippen LogP contribution in [0.15, 0.2) is 24.3 Å². The Bertz CT molecular complexity index is 569. The van der Waals surface area contributed by atoms with Gasteiger partial charge in [0.05, 0.1) is 11.7 Å². The molecule has 3 amide bonds. The molecule has 1 atom stereocenters. The monoisotopic (exact) mass is 290 g/mol. The molecule has 1 aromatic rings. The molecule has 1 aliphatic heterocycles. The van der Waals surface area contributed by atoms with E-state index in [9.17, 15) is 14.4 Å². The summed E-state index contributed by atoms with van der Waals surface area (Å²) < 4.78 is 5.58. The van der Waals surface area contributed by atoms with Gasteiger partial charge < -0.3 is 10.1 Å². The number of imide groups is 1. The molecular weight excluding hydrogens is 272 g/mol. The third-order valence-electron chi connectivity index (χ3n) is 3.04. The molecule has 112 valence electrons. The molecule has 6 heteroatoms. The van der Waals surface area contributed by atoms with Crippen molar-refractivity contribution >= 4 is 17.7 Å². The Morgan fingerprint density at radius 3 is 2.71 bits per heavy atom. The van der Waals surface area contributed by atoms with Crippen molar-refractivity contribution in [1.29, 1.82) is 0 Å². The maximum atomic E-state index is 12.3.